The van der Waals surface area contributed by atoms with Gasteiger partial charge in [0, 0.05) is 58.2 Å². The van der Waals surface area contributed by atoms with Gasteiger partial charge < -0.3 is 43.5 Å². The minimum atomic E-state index is -3.90. The van der Waals surface area contributed by atoms with Gasteiger partial charge in [-0.1, -0.05) is 243 Å². The first-order valence-electron chi connectivity index (χ1n) is 34.8. The SMILES string of the molecule is CC.CC.CC.CC.COc1ccc(C([NH-])(c2[c-]cc(CO)cc2)[C@H](N)C(C)C)cc1.C[PH+](C)c1ccc2c(c1[C@H]1c3ccccc3CC[C@H]1[PH+](C)C)CCCC2.Cc1ccc(COCCN[C@H](c2ccccc2)[C@H]([N-]S(=O)(=O)c2ccc(C)cc2)c2ccccc2)cc1.[CH3-].[Cl][Ru+2].[Cl][Ru+3].[HH]. The summed E-state index contributed by atoms with van der Waals surface area (Å²) >= 11 is 3.64. The molecule has 0 saturated carbocycles. The summed E-state index contributed by atoms with van der Waals surface area (Å²) in [6.45, 7) is 35.6. The van der Waals surface area contributed by atoms with Gasteiger partial charge in [0.15, 0.2) is 0 Å². The van der Waals surface area contributed by atoms with Crippen LogP contribution in [0.1, 0.15) is 180 Å². The average molecular weight is 1620 g/mol. The molecule has 0 radical (unpaired) electrons. The van der Waals surface area contributed by atoms with E-state index in [1.54, 1.807) is 70.6 Å². The largest absolute Gasteiger partial charge is 0 e. The summed E-state index contributed by atoms with van der Waals surface area (Å²) in [6, 6.07) is 63.4. The van der Waals surface area contributed by atoms with Crippen LogP contribution in [-0.2, 0) is 87.4 Å². The number of hydrogen-bond donors (Lipinski definition) is 3. The van der Waals surface area contributed by atoms with Gasteiger partial charge in [0.2, 0.25) is 0 Å². The Labute approximate surface area is 633 Å². The van der Waals surface area contributed by atoms with Crippen LogP contribution in [0.3, 0.4) is 0 Å². The third-order valence-corrected chi connectivity index (χ3v) is 22.1. The molecule has 0 bridgehead atoms. The number of nitrogens with one attached hydrogen (secondary N) is 2. The van der Waals surface area contributed by atoms with Crippen molar-refractivity contribution >= 4 is 50.6 Å². The van der Waals surface area contributed by atoms with E-state index in [2.05, 4.69) is 130 Å². The van der Waals surface area contributed by atoms with Crippen molar-refractivity contribution in [2.45, 2.75) is 175 Å². The van der Waals surface area contributed by atoms with Crippen LogP contribution >= 0.6 is 35.2 Å². The fourth-order valence-electron chi connectivity index (χ4n) is 12.2. The first-order valence-corrected chi connectivity index (χ1v) is 45.8. The van der Waals surface area contributed by atoms with Gasteiger partial charge in [-0.05, 0) is 136 Å². The van der Waals surface area contributed by atoms with Crippen molar-refractivity contribution in [2.75, 3.05) is 46.9 Å². The van der Waals surface area contributed by atoms with E-state index in [4.69, 9.17) is 20.9 Å². The maximum absolute atomic E-state index is 13.4. The zero-order valence-corrected chi connectivity index (χ0v) is 70.2. The van der Waals surface area contributed by atoms with Crippen LogP contribution in [0.15, 0.2) is 193 Å². The normalized spacial score (nSPS) is 14.7. The number of aliphatic hydroxyl groups excluding tert-OH is 1. The van der Waals surface area contributed by atoms with Gasteiger partial charge in [-0.2, -0.15) is 29.8 Å². The van der Waals surface area contributed by atoms with Crippen molar-refractivity contribution in [3.8, 4) is 5.75 Å². The molecule has 8 aromatic carbocycles. The monoisotopic (exact) mass is 1620 g/mol. The first kappa shape index (κ1) is 93.0. The third kappa shape index (κ3) is 27.8. The molecule has 16 heteroatoms. The maximum atomic E-state index is 13.4. The zero-order chi connectivity index (χ0) is 73.4. The van der Waals surface area contributed by atoms with Gasteiger partial charge in [-0.15, -0.1) is 5.56 Å². The smallest absolute Gasteiger partial charge is 0 e. The van der Waals surface area contributed by atoms with E-state index in [1.165, 1.54) is 44.1 Å². The average Bonchev–Trinajstić information content (AvgIpc) is 0.755. The van der Waals surface area contributed by atoms with Gasteiger partial charge >= 0.3 is 54.0 Å². The van der Waals surface area contributed by atoms with E-state index < -0.39 is 35.6 Å². The number of halogens is 2. The molecule has 5 N–H and O–H groups in total. The number of ether oxygens (including phenoxy) is 2. The van der Waals surface area contributed by atoms with Gasteiger partial charge in [0.05, 0.1) is 44.6 Å². The molecular weight excluding hydrogens is 1500 g/mol. The molecule has 2 aliphatic rings. The van der Waals surface area contributed by atoms with Gasteiger partial charge in [0.1, 0.15) is 15.8 Å². The second kappa shape index (κ2) is 51.2. The Bertz CT molecular complexity index is 3470. The molecule has 10 rings (SSSR count). The Hall–Kier alpha value is -4.04. The Morgan fingerprint density at radius 3 is 1.78 bits per heavy atom. The van der Waals surface area contributed by atoms with Crippen molar-refractivity contribution in [1.29, 1.82) is 0 Å². The van der Waals surface area contributed by atoms with Crippen LogP contribution in [-0.4, -0.2) is 72.1 Å². The van der Waals surface area contributed by atoms with E-state index in [1.807, 2.05) is 208 Å². The quantitative estimate of drug-likeness (QED) is 0.0281. The molecule has 0 amide bonds. The number of methoxy groups -OCH3 is 1. The molecule has 6 atom stereocenters. The predicted molar refractivity (Wildman–Crippen MR) is 430 cm³/mol. The summed E-state index contributed by atoms with van der Waals surface area (Å²) in [5.74, 6) is 1.53. The van der Waals surface area contributed by atoms with Crippen LogP contribution < -0.4 is 21.1 Å². The van der Waals surface area contributed by atoms with Crippen molar-refractivity contribution < 1.29 is 59.0 Å². The Balaban J connectivity index is 0.00000139. The summed E-state index contributed by atoms with van der Waals surface area (Å²) in [7, 11) is 6.06. The fraction of sp³-hybridized carbons (Fsp3) is 0.410. The van der Waals surface area contributed by atoms with E-state index in [0.717, 1.165) is 44.8 Å². The number of rotatable bonds is 21. The minimum Gasteiger partial charge on any atom is 0 e. The molecule has 1 unspecified atom stereocenters. The molecule has 0 aromatic heterocycles. The number of hydrogen-bond acceptors (Lipinski definition) is 7. The number of aryl methyl sites for hydroxylation is 4. The third-order valence-electron chi connectivity index (χ3n) is 17.1. The molecule has 8 aromatic rings. The molecule has 0 heterocycles. The summed E-state index contributed by atoms with van der Waals surface area (Å²) in [5.41, 5.74) is 31.2. The van der Waals surface area contributed by atoms with Gasteiger partial charge in [-0.3, -0.25) is 0 Å². The van der Waals surface area contributed by atoms with Gasteiger partial charge in [-0.25, -0.2) is 8.42 Å². The number of nitrogens with two attached hydrogens (primary N) is 1. The Morgan fingerprint density at radius 2 is 1.25 bits per heavy atom. The predicted octanol–water partition coefficient (Wildman–Crippen LogP) is 21.7. The summed E-state index contributed by atoms with van der Waals surface area (Å²) < 4.78 is 42.4. The number of aliphatic hydroxyl groups is 1. The van der Waals surface area contributed by atoms with Crippen LogP contribution in [0.5, 0.6) is 5.75 Å². The van der Waals surface area contributed by atoms with Crippen LogP contribution in [0.25, 0.3) is 10.5 Å². The molecule has 2 aliphatic carbocycles. The van der Waals surface area contributed by atoms with Crippen molar-refractivity contribution in [2.24, 2.45) is 11.7 Å². The molecule has 9 nitrogen and oxygen atoms in total. The van der Waals surface area contributed by atoms with Crippen molar-refractivity contribution in [3.05, 3.63) is 284 Å². The topological polar surface area (TPSA) is 149 Å². The molecule has 0 spiro atoms. The van der Waals surface area contributed by atoms with E-state index in [0.29, 0.717) is 31.2 Å². The second-order valence-corrected chi connectivity index (χ2v) is 31.0. The Morgan fingerprint density at radius 1 is 0.717 bits per heavy atom. The number of benzene rings is 8. The first-order chi connectivity index (χ1) is 47.4. The summed E-state index contributed by atoms with van der Waals surface area (Å²) in [6.07, 6.45) is 8.05. The fourth-order valence-corrected chi connectivity index (χ4v) is 16.3. The molecular formula is C83H120Cl2N4O5P2Ru2S+3. The molecule has 545 valence electrons. The van der Waals surface area contributed by atoms with Crippen molar-refractivity contribution in [3.63, 3.8) is 0 Å². The molecule has 0 aliphatic heterocycles. The van der Waals surface area contributed by atoms with Gasteiger partial charge in [0.25, 0.3) is 0 Å². The minimum absolute atomic E-state index is 0. The zero-order valence-electron chi connectivity index (χ0n) is 62.4. The van der Waals surface area contributed by atoms with E-state index in [9.17, 15) is 13.5 Å². The van der Waals surface area contributed by atoms with E-state index >= 15 is 0 Å². The second-order valence-electron chi connectivity index (χ2n) is 24.0. The van der Waals surface area contributed by atoms with Crippen LogP contribution in [0, 0.1) is 33.3 Å². The summed E-state index contributed by atoms with van der Waals surface area (Å²) in [4.78, 5) is 0.187. The number of sulfonamides is 1. The van der Waals surface area contributed by atoms with E-state index in [-0.39, 0.29) is 40.2 Å². The Kier molecular flexibility index (Phi) is 48.1. The molecule has 0 fully saturated rings. The standard InChI is InChI=1S/C31H33N2O3S.C24H32P2.C19H24N2O2.4C2H6.CH3.2ClH.2Ru.H2/c1-24-13-17-26(18-14-24)23-36-22-21-32-30(27-9-5-3-6-10-27)31(28-11-7-4-8-12-28)33-37(34,35)29-19-15-25(2)16-20-29;1-25(2)21-15-13-17-9-5-7-11-19(17)23(21)24-20-12-8-6-10-18(20)14-16-22(24)26(3)4;1-13(2)18(20)19(21,15-6-4-14(12-22)5-7-15)16-8-10-17(23-3)11-9-16;4*1-2;;;;;;/h3-20,30-32H,21-23H2,1-2H3;5,7,9,11,14,16,21,23H,6,8,10,12-13,15H2,1-4H3;4-6,8-11,13,18,21-22H,12,20H2,1-3H3;4*1-2H3;1H3;2*1H;;;1H/q-1;;-2;;;;;-1;;;+3;+4;/t30-,31-;21-,23+;18-,19?;;;;;;;;;;/m111........../s1. The maximum Gasteiger partial charge on any atom is 0 e. The van der Waals surface area contributed by atoms with Crippen LogP contribution in [0.2, 0.25) is 0 Å². The number of fused-ring (bicyclic) bond motifs is 2. The number of nitrogens with zero attached hydrogens (tertiary/aromatic N) is 1. The van der Waals surface area contributed by atoms with Crippen LogP contribution in [0.4, 0.5) is 0 Å². The molecule has 0 saturated heterocycles. The summed E-state index contributed by atoms with van der Waals surface area (Å²) in [5, 5.41) is 14.5. The van der Waals surface area contributed by atoms with Crippen molar-refractivity contribution in [1.82, 2.24) is 5.32 Å². The molecule has 99 heavy (non-hydrogen) atoms.